The Hall–Kier alpha value is -0.970. The molecule has 1 amide bonds. The van der Waals surface area contributed by atoms with Crippen LogP contribution in [0.4, 0.5) is 4.79 Å². The lowest BCUT2D eigenvalue weighted by Crippen LogP contribution is -2.43. The van der Waals surface area contributed by atoms with E-state index in [1.807, 2.05) is 39.8 Å². The molecule has 1 aromatic carbocycles. The summed E-state index contributed by atoms with van der Waals surface area (Å²) in [5.41, 5.74) is 0.441. The molecule has 0 aliphatic heterocycles. The van der Waals surface area contributed by atoms with Crippen molar-refractivity contribution >= 4 is 29.3 Å². The van der Waals surface area contributed by atoms with Gasteiger partial charge in [-0.25, -0.2) is 4.79 Å². The molecule has 0 fully saturated rings. The number of nitrogens with one attached hydrogen (secondary N) is 2. The van der Waals surface area contributed by atoms with E-state index in [1.54, 1.807) is 6.07 Å². The largest absolute Gasteiger partial charge is 0.444 e. The van der Waals surface area contributed by atoms with Gasteiger partial charge in [-0.15, -0.1) is 0 Å². The van der Waals surface area contributed by atoms with Crippen molar-refractivity contribution in [1.82, 2.24) is 10.6 Å². The van der Waals surface area contributed by atoms with Crippen molar-refractivity contribution in [2.24, 2.45) is 0 Å². The molecule has 4 nitrogen and oxygen atoms in total. The molecule has 0 saturated heterocycles. The number of alkyl carbamates (subject to hydrolysis) is 1. The summed E-state index contributed by atoms with van der Waals surface area (Å²) in [6.45, 7) is 10.1. The maximum atomic E-state index is 11.7. The number of rotatable bonds is 6. The second-order valence-corrected chi connectivity index (χ2v) is 7.30. The zero-order chi connectivity index (χ0) is 17.6. The van der Waals surface area contributed by atoms with Gasteiger partial charge in [0.05, 0.1) is 10.0 Å². The van der Waals surface area contributed by atoms with E-state index in [-0.39, 0.29) is 12.1 Å². The van der Waals surface area contributed by atoms with Gasteiger partial charge in [-0.05, 0) is 45.7 Å². The van der Waals surface area contributed by atoms with E-state index in [2.05, 4.69) is 17.6 Å². The summed E-state index contributed by atoms with van der Waals surface area (Å²) >= 11 is 12.3. The molecule has 0 bridgehead atoms. The third kappa shape index (κ3) is 6.98. The first-order valence-corrected chi connectivity index (χ1v) is 8.56. The standard InChI is InChI=1S/C17H26Cl2N2O2/c1-6-12(10-20-16(22)23-17(3,4)5)21-11(2)13-8-7-9-14(18)15(13)19/h7-9,11-12,21H,6,10H2,1-5H3,(H,20,22). The molecular formula is C17H26Cl2N2O2. The van der Waals surface area contributed by atoms with E-state index in [0.717, 1.165) is 12.0 Å². The lowest BCUT2D eigenvalue weighted by atomic mass is 10.1. The summed E-state index contributed by atoms with van der Waals surface area (Å²) < 4.78 is 5.24. The van der Waals surface area contributed by atoms with Gasteiger partial charge in [-0.1, -0.05) is 42.3 Å². The maximum Gasteiger partial charge on any atom is 0.407 e. The van der Waals surface area contributed by atoms with Crippen LogP contribution in [0.15, 0.2) is 18.2 Å². The third-order valence-corrected chi connectivity index (χ3v) is 4.15. The maximum absolute atomic E-state index is 11.7. The van der Waals surface area contributed by atoms with Crippen LogP contribution in [0.25, 0.3) is 0 Å². The van der Waals surface area contributed by atoms with Crippen molar-refractivity contribution in [3.63, 3.8) is 0 Å². The van der Waals surface area contributed by atoms with Crippen LogP contribution in [-0.2, 0) is 4.74 Å². The fraction of sp³-hybridized carbons (Fsp3) is 0.588. The molecular weight excluding hydrogens is 335 g/mol. The number of hydrogen-bond acceptors (Lipinski definition) is 3. The Kier molecular flexibility index (Phi) is 7.65. The van der Waals surface area contributed by atoms with Gasteiger partial charge in [0, 0.05) is 18.6 Å². The average molecular weight is 361 g/mol. The van der Waals surface area contributed by atoms with E-state index in [4.69, 9.17) is 27.9 Å². The van der Waals surface area contributed by atoms with E-state index in [0.29, 0.717) is 16.6 Å². The molecule has 0 spiro atoms. The van der Waals surface area contributed by atoms with Crippen LogP contribution < -0.4 is 10.6 Å². The van der Waals surface area contributed by atoms with Gasteiger partial charge in [-0.3, -0.25) is 0 Å². The number of amides is 1. The van der Waals surface area contributed by atoms with Crippen LogP contribution in [0.5, 0.6) is 0 Å². The molecule has 23 heavy (non-hydrogen) atoms. The molecule has 0 saturated carbocycles. The molecule has 0 aliphatic carbocycles. The van der Waals surface area contributed by atoms with E-state index >= 15 is 0 Å². The van der Waals surface area contributed by atoms with Crippen molar-refractivity contribution in [3.05, 3.63) is 33.8 Å². The van der Waals surface area contributed by atoms with Gasteiger partial charge in [0.25, 0.3) is 0 Å². The molecule has 2 atom stereocenters. The van der Waals surface area contributed by atoms with Crippen LogP contribution in [0.2, 0.25) is 10.0 Å². The minimum Gasteiger partial charge on any atom is -0.444 e. The summed E-state index contributed by atoms with van der Waals surface area (Å²) in [5, 5.41) is 7.35. The molecule has 0 radical (unpaired) electrons. The first-order chi connectivity index (χ1) is 10.6. The number of carbonyl (C=O) groups is 1. The fourth-order valence-electron chi connectivity index (χ4n) is 2.14. The Balaban J connectivity index is 2.59. The monoisotopic (exact) mass is 360 g/mol. The van der Waals surface area contributed by atoms with Crippen LogP contribution in [0, 0.1) is 0 Å². The first kappa shape index (κ1) is 20.1. The average Bonchev–Trinajstić information content (AvgIpc) is 2.44. The molecule has 1 rings (SSSR count). The van der Waals surface area contributed by atoms with Crippen molar-refractivity contribution < 1.29 is 9.53 Å². The van der Waals surface area contributed by atoms with Gasteiger partial charge < -0.3 is 15.4 Å². The summed E-state index contributed by atoms with van der Waals surface area (Å²) in [6, 6.07) is 5.71. The van der Waals surface area contributed by atoms with E-state index < -0.39 is 11.7 Å². The Morgan fingerprint density at radius 2 is 1.96 bits per heavy atom. The molecule has 1 aromatic rings. The van der Waals surface area contributed by atoms with Crippen molar-refractivity contribution in [1.29, 1.82) is 0 Å². The Morgan fingerprint density at radius 1 is 1.30 bits per heavy atom. The Bertz CT molecular complexity index is 530. The molecule has 0 aliphatic rings. The second-order valence-electron chi connectivity index (χ2n) is 6.52. The van der Waals surface area contributed by atoms with Crippen LogP contribution >= 0.6 is 23.2 Å². The summed E-state index contributed by atoms with van der Waals surface area (Å²) in [4.78, 5) is 11.7. The van der Waals surface area contributed by atoms with Gasteiger partial charge in [0.2, 0.25) is 0 Å². The summed E-state index contributed by atoms with van der Waals surface area (Å²) in [5.74, 6) is 0. The summed E-state index contributed by atoms with van der Waals surface area (Å²) in [6.07, 6.45) is 0.449. The topological polar surface area (TPSA) is 50.4 Å². The van der Waals surface area contributed by atoms with Crippen molar-refractivity contribution in [3.8, 4) is 0 Å². The molecule has 2 unspecified atom stereocenters. The predicted molar refractivity (Wildman–Crippen MR) is 96.3 cm³/mol. The highest BCUT2D eigenvalue weighted by molar-refractivity contribution is 6.42. The zero-order valence-electron chi connectivity index (χ0n) is 14.4. The van der Waals surface area contributed by atoms with Gasteiger partial charge >= 0.3 is 6.09 Å². The zero-order valence-corrected chi connectivity index (χ0v) is 15.9. The Morgan fingerprint density at radius 3 is 2.52 bits per heavy atom. The fourth-order valence-corrected chi connectivity index (χ4v) is 2.61. The van der Waals surface area contributed by atoms with Crippen LogP contribution in [0.1, 0.15) is 52.6 Å². The van der Waals surface area contributed by atoms with Crippen LogP contribution in [0.3, 0.4) is 0 Å². The number of ether oxygens (including phenoxy) is 1. The lowest BCUT2D eigenvalue weighted by Gasteiger charge is -2.25. The SMILES string of the molecule is CCC(CNC(=O)OC(C)(C)C)NC(C)c1cccc(Cl)c1Cl. The predicted octanol–water partition coefficient (Wildman–Crippen LogP) is 4.95. The van der Waals surface area contributed by atoms with Gasteiger partial charge in [0.15, 0.2) is 0 Å². The normalized spacial score (nSPS) is 14.2. The van der Waals surface area contributed by atoms with Gasteiger partial charge in [-0.2, -0.15) is 0 Å². The molecule has 6 heteroatoms. The molecule has 0 aromatic heterocycles. The molecule has 0 heterocycles. The Labute approximate surface area is 148 Å². The molecule has 130 valence electrons. The highest BCUT2D eigenvalue weighted by Gasteiger charge is 2.19. The first-order valence-electron chi connectivity index (χ1n) is 7.80. The third-order valence-electron chi connectivity index (χ3n) is 3.32. The number of halogens is 2. The number of hydrogen-bond donors (Lipinski definition) is 2. The van der Waals surface area contributed by atoms with Crippen molar-refractivity contribution in [2.75, 3.05) is 6.54 Å². The smallest absolute Gasteiger partial charge is 0.407 e. The molecule has 2 N–H and O–H groups in total. The summed E-state index contributed by atoms with van der Waals surface area (Å²) in [7, 11) is 0. The van der Waals surface area contributed by atoms with E-state index in [9.17, 15) is 4.79 Å². The number of benzene rings is 1. The minimum atomic E-state index is -0.499. The highest BCUT2D eigenvalue weighted by atomic mass is 35.5. The van der Waals surface area contributed by atoms with E-state index in [1.165, 1.54) is 0 Å². The van der Waals surface area contributed by atoms with Gasteiger partial charge in [0.1, 0.15) is 5.60 Å². The number of carbonyl (C=O) groups excluding carboxylic acids is 1. The minimum absolute atomic E-state index is 0.0200. The highest BCUT2D eigenvalue weighted by Crippen LogP contribution is 2.29. The van der Waals surface area contributed by atoms with Crippen molar-refractivity contribution in [2.45, 2.75) is 58.7 Å². The van der Waals surface area contributed by atoms with Crippen LogP contribution in [-0.4, -0.2) is 24.3 Å². The quantitative estimate of drug-likeness (QED) is 0.754. The lowest BCUT2D eigenvalue weighted by molar-refractivity contribution is 0.0521. The second kappa shape index (κ2) is 8.76.